The fraction of sp³-hybridized carbons (Fsp3) is 0.400. The van der Waals surface area contributed by atoms with E-state index in [-0.39, 0.29) is 34.6 Å². The zero-order valence-electron chi connectivity index (χ0n) is 19.7. The molecule has 204 valence electrons. The van der Waals surface area contributed by atoms with Gasteiger partial charge in [0.15, 0.2) is 17.6 Å². The summed E-state index contributed by atoms with van der Waals surface area (Å²) < 4.78 is 27.1. The predicted molar refractivity (Wildman–Crippen MR) is 126 cm³/mol. The number of aromatic hydroxyl groups is 2. The van der Waals surface area contributed by atoms with Crippen molar-refractivity contribution in [2.24, 2.45) is 0 Å². The Labute approximate surface area is 214 Å². The highest BCUT2D eigenvalue weighted by Crippen LogP contribution is 2.37. The molecule has 13 heteroatoms. The first-order chi connectivity index (χ1) is 18.2. The Balaban J connectivity index is 1.29. The molecule has 0 amide bonds. The van der Waals surface area contributed by atoms with Crippen LogP contribution in [0.1, 0.15) is 0 Å². The number of benzene rings is 2. The summed E-state index contributed by atoms with van der Waals surface area (Å²) in [5.74, 6) is -0.695. The Hall–Kier alpha value is -3.27. The van der Waals surface area contributed by atoms with Crippen molar-refractivity contribution >= 4 is 11.0 Å². The number of ether oxygens (including phenoxy) is 4. The van der Waals surface area contributed by atoms with Gasteiger partial charge >= 0.3 is 0 Å². The van der Waals surface area contributed by atoms with Crippen LogP contribution in [0.5, 0.6) is 17.2 Å². The van der Waals surface area contributed by atoms with Gasteiger partial charge in [-0.05, 0) is 29.8 Å². The first-order valence-electron chi connectivity index (χ1n) is 11.7. The molecular weight excluding hydrogens is 508 g/mol. The average Bonchev–Trinajstić information content (AvgIpc) is 3.34. The normalized spacial score (nSPS) is 31.2. The second kappa shape index (κ2) is 10.5. The number of phenolic OH excluding ortho intramolecular Hbond substituents is 2. The van der Waals surface area contributed by atoms with E-state index >= 15 is 0 Å². The van der Waals surface area contributed by atoms with Crippen LogP contribution in [0.25, 0.3) is 22.1 Å². The van der Waals surface area contributed by atoms with E-state index in [1.165, 1.54) is 24.3 Å². The highest BCUT2D eigenvalue weighted by molar-refractivity contribution is 5.87. The molecule has 0 spiro atoms. The first kappa shape index (κ1) is 26.3. The van der Waals surface area contributed by atoms with Gasteiger partial charge in [0, 0.05) is 0 Å². The maximum atomic E-state index is 13.0. The van der Waals surface area contributed by atoms with E-state index in [2.05, 4.69) is 0 Å². The minimum Gasteiger partial charge on any atom is -0.508 e. The highest BCUT2D eigenvalue weighted by Gasteiger charge is 2.47. The average molecular weight is 534 g/mol. The minimum absolute atomic E-state index is 0.0344. The summed E-state index contributed by atoms with van der Waals surface area (Å²) in [5.41, 5.74) is 0.0981. The molecule has 2 saturated heterocycles. The van der Waals surface area contributed by atoms with Crippen LogP contribution < -0.4 is 10.2 Å². The van der Waals surface area contributed by atoms with Crippen LogP contribution in [-0.2, 0) is 14.2 Å². The molecule has 7 N–H and O–H groups in total. The summed E-state index contributed by atoms with van der Waals surface area (Å²) in [4.78, 5) is 13.0. The van der Waals surface area contributed by atoms with E-state index in [4.69, 9.17) is 28.5 Å². The molecule has 2 aliphatic rings. The second-order valence-corrected chi connectivity index (χ2v) is 9.00. The maximum absolute atomic E-state index is 13.0. The number of aliphatic hydroxyl groups is 5. The monoisotopic (exact) mass is 534 g/mol. The smallest absolute Gasteiger partial charge is 0.229 e. The van der Waals surface area contributed by atoms with Crippen molar-refractivity contribution in [1.82, 2.24) is 0 Å². The molecular formula is C25H26O13. The molecule has 3 aromatic rings. The zero-order chi connectivity index (χ0) is 27.1. The number of fused-ring (bicyclic) bond motifs is 1. The van der Waals surface area contributed by atoms with Crippen molar-refractivity contribution in [3.05, 3.63) is 52.9 Å². The molecule has 2 aliphatic heterocycles. The second-order valence-electron chi connectivity index (χ2n) is 9.00. The van der Waals surface area contributed by atoms with Gasteiger partial charge in [-0.25, -0.2) is 0 Å². The SMILES string of the molecule is O=c1c(-c2ccc(O)cc2)coc2c(O)c(OC3OC(COC4OC(CO)C(O)C4O)C(O)C3O)ccc12. The summed E-state index contributed by atoms with van der Waals surface area (Å²) in [6.07, 6.45) is -9.61. The van der Waals surface area contributed by atoms with Crippen LogP contribution in [0.15, 0.2) is 51.9 Å². The molecule has 2 aromatic carbocycles. The van der Waals surface area contributed by atoms with Crippen LogP contribution >= 0.6 is 0 Å². The van der Waals surface area contributed by atoms with Crippen molar-refractivity contribution in [3.8, 4) is 28.4 Å². The number of aliphatic hydroxyl groups excluding tert-OH is 5. The summed E-state index contributed by atoms with van der Waals surface area (Å²) in [6, 6.07) is 8.57. The number of phenols is 2. The van der Waals surface area contributed by atoms with Crippen molar-refractivity contribution in [1.29, 1.82) is 0 Å². The Morgan fingerprint density at radius 2 is 1.47 bits per heavy atom. The quantitative estimate of drug-likeness (QED) is 0.197. The number of hydrogen-bond acceptors (Lipinski definition) is 13. The fourth-order valence-electron chi connectivity index (χ4n) is 4.37. The fourth-order valence-corrected chi connectivity index (χ4v) is 4.37. The summed E-state index contributed by atoms with van der Waals surface area (Å²) >= 11 is 0. The molecule has 0 radical (unpaired) electrons. The molecule has 13 nitrogen and oxygen atoms in total. The molecule has 8 unspecified atom stereocenters. The van der Waals surface area contributed by atoms with Crippen LogP contribution in [-0.4, -0.2) is 98.2 Å². The largest absolute Gasteiger partial charge is 0.508 e. The van der Waals surface area contributed by atoms with Gasteiger partial charge in [-0.2, -0.15) is 0 Å². The van der Waals surface area contributed by atoms with Gasteiger partial charge in [-0.3, -0.25) is 4.79 Å². The molecule has 1 aromatic heterocycles. The van der Waals surface area contributed by atoms with Gasteiger partial charge in [0.25, 0.3) is 0 Å². The molecule has 8 atom stereocenters. The Morgan fingerprint density at radius 3 is 2.16 bits per heavy atom. The lowest BCUT2D eigenvalue weighted by atomic mass is 10.1. The Kier molecular flexibility index (Phi) is 7.26. The molecule has 5 rings (SSSR count). The summed E-state index contributed by atoms with van der Waals surface area (Å²) in [7, 11) is 0. The van der Waals surface area contributed by atoms with E-state index in [9.17, 15) is 35.4 Å². The van der Waals surface area contributed by atoms with Crippen LogP contribution in [0.3, 0.4) is 0 Å². The molecule has 38 heavy (non-hydrogen) atoms. The first-order valence-corrected chi connectivity index (χ1v) is 11.7. The van der Waals surface area contributed by atoms with Gasteiger partial charge in [-0.15, -0.1) is 0 Å². The van der Waals surface area contributed by atoms with Gasteiger partial charge in [-0.1, -0.05) is 12.1 Å². The van der Waals surface area contributed by atoms with Crippen LogP contribution in [0.2, 0.25) is 0 Å². The maximum Gasteiger partial charge on any atom is 0.229 e. The predicted octanol–water partition coefficient (Wildman–Crippen LogP) is -0.848. The van der Waals surface area contributed by atoms with E-state index in [0.29, 0.717) is 5.56 Å². The van der Waals surface area contributed by atoms with E-state index in [1.54, 1.807) is 12.1 Å². The van der Waals surface area contributed by atoms with Crippen molar-refractivity contribution < 1.29 is 59.1 Å². The lowest BCUT2D eigenvalue weighted by Crippen LogP contribution is -2.38. The van der Waals surface area contributed by atoms with Crippen molar-refractivity contribution in [2.45, 2.75) is 49.2 Å². The Bertz CT molecular complexity index is 1340. The standard InChI is InChI=1S/C25H26O13/c26-7-15-18(29)21(32)24(37-15)35-9-16-19(30)22(33)25(38-16)36-14-6-5-12-17(28)13(8-34-23(12)20(14)31)10-1-3-11(27)4-2-10/h1-6,8,15-16,18-19,21-22,24-27,29-33H,7,9H2. The minimum atomic E-state index is -1.56. The molecule has 0 saturated carbocycles. The van der Waals surface area contributed by atoms with E-state index in [1.807, 2.05) is 0 Å². The topological polar surface area (TPSA) is 209 Å². The molecule has 2 fully saturated rings. The lowest BCUT2D eigenvalue weighted by Gasteiger charge is -2.20. The van der Waals surface area contributed by atoms with Crippen LogP contribution in [0.4, 0.5) is 0 Å². The summed E-state index contributed by atoms with van der Waals surface area (Å²) in [6.45, 7) is -0.911. The Morgan fingerprint density at radius 1 is 0.816 bits per heavy atom. The van der Waals surface area contributed by atoms with E-state index < -0.39 is 67.0 Å². The number of rotatable bonds is 7. The van der Waals surface area contributed by atoms with Gasteiger partial charge in [0.2, 0.25) is 17.5 Å². The highest BCUT2D eigenvalue weighted by atomic mass is 16.7. The van der Waals surface area contributed by atoms with Gasteiger partial charge in [0.05, 0.1) is 24.2 Å². The van der Waals surface area contributed by atoms with Crippen LogP contribution in [0, 0.1) is 0 Å². The number of hydrogen-bond donors (Lipinski definition) is 7. The summed E-state index contributed by atoms with van der Waals surface area (Å²) in [5, 5.41) is 69.9. The van der Waals surface area contributed by atoms with E-state index in [0.717, 1.165) is 6.26 Å². The zero-order valence-corrected chi connectivity index (χ0v) is 19.7. The van der Waals surface area contributed by atoms with Gasteiger partial charge in [0.1, 0.15) is 48.6 Å². The third-order valence-electron chi connectivity index (χ3n) is 6.54. The third-order valence-corrected chi connectivity index (χ3v) is 6.54. The molecule has 3 heterocycles. The van der Waals surface area contributed by atoms with Crippen molar-refractivity contribution in [2.75, 3.05) is 13.2 Å². The van der Waals surface area contributed by atoms with Crippen molar-refractivity contribution in [3.63, 3.8) is 0 Å². The molecule has 0 bridgehead atoms. The van der Waals surface area contributed by atoms with Gasteiger partial charge < -0.3 is 59.1 Å². The third kappa shape index (κ3) is 4.70. The molecule has 0 aliphatic carbocycles. The lowest BCUT2D eigenvalue weighted by molar-refractivity contribution is -0.195.